The van der Waals surface area contributed by atoms with E-state index in [4.69, 9.17) is 5.26 Å². The molecule has 24 heavy (non-hydrogen) atoms. The lowest BCUT2D eigenvalue weighted by Gasteiger charge is -2.09. The molecule has 0 heterocycles. The van der Waals surface area contributed by atoms with E-state index in [1.807, 2.05) is 6.07 Å². The Labute approximate surface area is 148 Å². The molecule has 8 heteroatoms. The van der Waals surface area contributed by atoms with Gasteiger partial charge in [-0.05, 0) is 58.9 Å². The summed E-state index contributed by atoms with van der Waals surface area (Å²) in [7, 11) is -2.33. The number of nitrogens with one attached hydrogen (secondary N) is 2. The van der Waals surface area contributed by atoms with Crippen molar-refractivity contribution >= 4 is 37.5 Å². The van der Waals surface area contributed by atoms with Gasteiger partial charge < -0.3 is 5.32 Å². The van der Waals surface area contributed by atoms with E-state index in [0.29, 0.717) is 16.6 Å². The van der Waals surface area contributed by atoms with Crippen LogP contribution in [0, 0.1) is 11.3 Å². The minimum atomic E-state index is -3.64. The largest absolute Gasteiger partial charge is 0.322 e. The Morgan fingerprint density at radius 2 is 1.88 bits per heavy atom. The van der Waals surface area contributed by atoms with Crippen LogP contribution < -0.4 is 10.0 Å². The molecule has 0 aliphatic rings. The monoisotopic (exact) mass is 407 g/mol. The Bertz CT molecular complexity index is 903. The van der Waals surface area contributed by atoms with Gasteiger partial charge in [0.15, 0.2) is 0 Å². The van der Waals surface area contributed by atoms with Gasteiger partial charge in [0.2, 0.25) is 10.0 Å². The predicted molar refractivity (Wildman–Crippen MR) is 94.1 cm³/mol. The Balaban J connectivity index is 2.26. The highest BCUT2D eigenvalue weighted by atomic mass is 79.9. The average Bonchev–Trinajstić information content (AvgIpc) is 2.57. The van der Waals surface area contributed by atoms with E-state index in [1.54, 1.807) is 24.3 Å². The first kappa shape index (κ1) is 18.1. The molecule has 0 unspecified atom stereocenters. The van der Waals surface area contributed by atoms with Crippen molar-refractivity contribution in [3.63, 3.8) is 0 Å². The Hall–Kier alpha value is -2.21. The number of anilines is 1. The van der Waals surface area contributed by atoms with E-state index in [2.05, 4.69) is 26.0 Å². The van der Waals surface area contributed by atoms with E-state index in [0.717, 1.165) is 5.56 Å². The molecule has 0 aliphatic heterocycles. The first-order valence-corrected chi connectivity index (χ1v) is 9.15. The second kappa shape index (κ2) is 7.57. The van der Waals surface area contributed by atoms with E-state index in [1.165, 1.54) is 25.2 Å². The highest BCUT2D eigenvalue weighted by Gasteiger charge is 2.17. The van der Waals surface area contributed by atoms with Crippen molar-refractivity contribution in [3.8, 4) is 6.07 Å². The number of carbonyl (C=O) groups excluding carboxylic acids is 1. The zero-order valence-corrected chi connectivity index (χ0v) is 15.1. The van der Waals surface area contributed by atoms with Crippen molar-refractivity contribution in [2.24, 2.45) is 0 Å². The molecule has 0 bridgehead atoms. The van der Waals surface area contributed by atoms with Crippen LogP contribution in [-0.4, -0.2) is 21.4 Å². The van der Waals surface area contributed by atoms with Gasteiger partial charge in [0.25, 0.3) is 5.91 Å². The zero-order chi connectivity index (χ0) is 17.7. The number of nitrogens with zero attached hydrogens (tertiary/aromatic N) is 1. The van der Waals surface area contributed by atoms with Crippen LogP contribution >= 0.6 is 15.9 Å². The number of benzene rings is 2. The summed E-state index contributed by atoms with van der Waals surface area (Å²) in [5.41, 5.74) is 1.60. The molecule has 1 amide bonds. The minimum absolute atomic E-state index is 0.00252. The molecule has 0 saturated heterocycles. The van der Waals surface area contributed by atoms with Gasteiger partial charge in [-0.15, -0.1) is 0 Å². The van der Waals surface area contributed by atoms with Crippen LogP contribution in [0.5, 0.6) is 0 Å². The minimum Gasteiger partial charge on any atom is -0.322 e. The van der Waals surface area contributed by atoms with Crippen LogP contribution in [0.2, 0.25) is 0 Å². The molecular weight excluding hydrogens is 394 g/mol. The molecule has 0 aliphatic carbocycles. The van der Waals surface area contributed by atoms with Crippen LogP contribution in [0.1, 0.15) is 15.9 Å². The first-order chi connectivity index (χ1) is 11.4. The molecule has 0 radical (unpaired) electrons. The molecule has 2 aromatic rings. The molecule has 2 aromatic carbocycles. The third kappa shape index (κ3) is 4.20. The van der Waals surface area contributed by atoms with E-state index >= 15 is 0 Å². The summed E-state index contributed by atoms with van der Waals surface area (Å²) < 4.78 is 26.4. The standard InChI is InChI=1S/C16H14BrN3O3S/c1-19-24(22,23)13-6-7-15(17)14(10-13)16(21)20-12-4-2-11(3-5-12)8-9-18/h2-7,10,19H,8H2,1H3,(H,20,21). The number of nitriles is 1. The SMILES string of the molecule is CNS(=O)(=O)c1ccc(Br)c(C(=O)Nc2ccc(CC#N)cc2)c1. The lowest BCUT2D eigenvalue weighted by Crippen LogP contribution is -2.20. The van der Waals surface area contributed by atoms with Crippen molar-refractivity contribution in [3.05, 3.63) is 58.1 Å². The van der Waals surface area contributed by atoms with Crippen LogP contribution in [0.15, 0.2) is 51.8 Å². The van der Waals surface area contributed by atoms with Crippen LogP contribution in [0.3, 0.4) is 0 Å². The van der Waals surface area contributed by atoms with Gasteiger partial charge in [-0.1, -0.05) is 12.1 Å². The lowest BCUT2D eigenvalue weighted by atomic mass is 10.1. The number of sulfonamides is 1. The number of rotatable bonds is 5. The smallest absolute Gasteiger partial charge is 0.256 e. The van der Waals surface area contributed by atoms with Crippen LogP contribution in [0.4, 0.5) is 5.69 Å². The molecule has 0 atom stereocenters. The van der Waals surface area contributed by atoms with E-state index in [-0.39, 0.29) is 10.5 Å². The first-order valence-electron chi connectivity index (χ1n) is 6.87. The molecular formula is C16H14BrN3O3S. The second-order valence-electron chi connectivity index (χ2n) is 4.84. The van der Waals surface area contributed by atoms with Crippen molar-refractivity contribution < 1.29 is 13.2 Å². The molecule has 2 rings (SSSR count). The molecule has 6 nitrogen and oxygen atoms in total. The van der Waals surface area contributed by atoms with Gasteiger partial charge in [0, 0.05) is 10.2 Å². The summed E-state index contributed by atoms with van der Waals surface area (Å²) in [5, 5.41) is 11.3. The van der Waals surface area contributed by atoms with Gasteiger partial charge in [-0.2, -0.15) is 5.26 Å². The molecule has 124 valence electrons. The normalized spacial score (nSPS) is 10.9. The molecule has 2 N–H and O–H groups in total. The number of halogens is 1. The van der Waals surface area contributed by atoms with Crippen LogP contribution in [0.25, 0.3) is 0 Å². The maximum absolute atomic E-state index is 12.4. The Morgan fingerprint density at radius 1 is 1.21 bits per heavy atom. The molecule has 0 saturated carbocycles. The Morgan fingerprint density at radius 3 is 2.46 bits per heavy atom. The third-order valence-corrected chi connectivity index (χ3v) is 5.36. The molecule has 0 spiro atoms. The maximum Gasteiger partial charge on any atom is 0.256 e. The fourth-order valence-corrected chi connectivity index (χ4v) is 3.14. The van der Waals surface area contributed by atoms with E-state index < -0.39 is 15.9 Å². The van der Waals surface area contributed by atoms with Gasteiger partial charge >= 0.3 is 0 Å². The lowest BCUT2D eigenvalue weighted by molar-refractivity contribution is 0.102. The van der Waals surface area contributed by atoms with E-state index in [9.17, 15) is 13.2 Å². The summed E-state index contributed by atoms with van der Waals surface area (Å²) in [4.78, 5) is 12.4. The predicted octanol–water partition coefficient (Wildman–Crippen LogP) is 2.68. The average molecular weight is 408 g/mol. The summed E-state index contributed by atoms with van der Waals surface area (Å²) in [6.45, 7) is 0. The van der Waals surface area contributed by atoms with Gasteiger partial charge in [-0.3, -0.25) is 4.79 Å². The summed E-state index contributed by atoms with van der Waals surface area (Å²) in [5.74, 6) is -0.442. The fourth-order valence-electron chi connectivity index (χ4n) is 1.96. The summed E-state index contributed by atoms with van der Waals surface area (Å²) >= 11 is 3.25. The van der Waals surface area contributed by atoms with Crippen molar-refractivity contribution in [1.82, 2.24) is 4.72 Å². The summed E-state index contributed by atoms with van der Waals surface area (Å²) in [6, 6.07) is 13.1. The quantitative estimate of drug-likeness (QED) is 0.795. The number of carbonyl (C=O) groups is 1. The van der Waals surface area contributed by atoms with Crippen molar-refractivity contribution in [1.29, 1.82) is 5.26 Å². The second-order valence-corrected chi connectivity index (χ2v) is 7.58. The highest BCUT2D eigenvalue weighted by Crippen LogP contribution is 2.22. The van der Waals surface area contributed by atoms with Gasteiger partial charge in [0.05, 0.1) is 22.9 Å². The summed E-state index contributed by atoms with van der Waals surface area (Å²) in [6.07, 6.45) is 0.295. The Kier molecular flexibility index (Phi) is 5.72. The van der Waals surface area contributed by atoms with Gasteiger partial charge in [-0.25, -0.2) is 13.1 Å². The topological polar surface area (TPSA) is 99.1 Å². The van der Waals surface area contributed by atoms with Crippen LogP contribution in [-0.2, 0) is 16.4 Å². The fraction of sp³-hybridized carbons (Fsp3) is 0.125. The molecule has 0 fully saturated rings. The third-order valence-electron chi connectivity index (χ3n) is 3.26. The number of hydrogen-bond acceptors (Lipinski definition) is 4. The van der Waals surface area contributed by atoms with Gasteiger partial charge in [0.1, 0.15) is 0 Å². The van der Waals surface area contributed by atoms with Crippen molar-refractivity contribution in [2.75, 3.05) is 12.4 Å². The number of hydrogen-bond donors (Lipinski definition) is 2. The van der Waals surface area contributed by atoms with Crippen molar-refractivity contribution in [2.45, 2.75) is 11.3 Å². The number of amides is 1. The highest BCUT2D eigenvalue weighted by molar-refractivity contribution is 9.10. The maximum atomic E-state index is 12.4. The molecule has 0 aromatic heterocycles. The zero-order valence-electron chi connectivity index (χ0n) is 12.7.